The van der Waals surface area contributed by atoms with Gasteiger partial charge in [0, 0.05) is 56.4 Å². The molecule has 1 fully saturated rings. The molecule has 11 heteroatoms. The summed E-state index contributed by atoms with van der Waals surface area (Å²) in [7, 11) is 1.53. The largest absolute Gasteiger partial charge is 0.493 e. The fraction of sp³-hybridized carbons (Fsp3) is 0.343. The number of piperazine rings is 1. The van der Waals surface area contributed by atoms with Crippen molar-refractivity contribution in [2.75, 3.05) is 63.6 Å². The third-order valence-corrected chi connectivity index (χ3v) is 7.85. The van der Waals surface area contributed by atoms with Crippen LogP contribution in [0.15, 0.2) is 66.9 Å². The Morgan fingerprint density at radius 1 is 0.913 bits per heavy atom. The number of halogens is 1. The number of amides is 1. The lowest BCUT2D eigenvalue weighted by Gasteiger charge is -2.34. The van der Waals surface area contributed by atoms with Crippen molar-refractivity contribution in [3.05, 3.63) is 89.4 Å². The van der Waals surface area contributed by atoms with Crippen LogP contribution in [-0.2, 0) is 0 Å². The van der Waals surface area contributed by atoms with Gasteiger partial charge in [0.1, 0.15) is 12.2 Å². The highest BCUT2D eigenvalue weighted by Crippen LogP contribution is 2.33. The Balaban J connectivity index is 1.29. The highest BCUT2D eigenvalue weighted by atomic mass is 19.1. The van der Waals surface area contributed by atoms with E-state index in [4.69, 9.17) is 14.2 Å². The standard InChI is InChI=1S/C35H41FN6O4/c1-5-15-41-16-18-42(19-17-41)20-21-45-29-14-13-26(22-28(29)36)38-35-37-23-27(33(43)39-32-24(2)9-8-10-25(32)3)34(40-35)46-31-12-7-6-11-30(31)44-4/h6-14,22-23H,5,15-21H2,1-4H3,(H,39,43)(H,37,38,40). The fourth-order valence-corrected chi connectivity index (χ4v) is 5.32. The van der Waals surface area contributed by atoms with Gasteiger partial charge in [0.25, 0.3) is 5.91 Å². The molecule has 3 aromatic carbocycles. The number of hydrogen-bond acceptors (Lipinski definition) is 9. The molecular formula is C35H41FN6O4. The van der Waals surface area contributed by atoms with Crippen LogP contribution in [0.2, 0.25) is 0 Å². The summed E-state index contributed by atoms with van der Waals surface area (Å²) in [6.45, 7) is 12.4. The van der Waals surface area contributed by atoms with E-state index in [9.17, 15) is 4.79 Å². The van der Waals surface area contributed by atoms with Gasteiger partial charge in [-0.2, -0.15) is 4.98 Å². The van der Waals surface area contributed by atoms with E-state index in [0.717, 1.165) is 56.8 Å². The third kappa shape index (κ3) is 8.29. The zero-order valence-corrected chi connectivity index (χ0v) is 26.8. The molecule has 1 aliphatic rings. The van der Waals surface area contributed by atoms with E-state index in [-0.39, 0.29) is 23.1 Å². The van der Waals surface area contributed by atoms with Crippen molar-refractivity contribution in [1.82, 2.24) is 19.8 Å². The van der Waals surface area contributed by atoms with E-state index in [1.54, 1.807) is 30.3 Å². The Morgan fingerprint density at radius 3 is 2.28 bits per heavy atom. The highest BCUT2D eigenvalue weighted by Gasteiger charge is 2.21. The number of benzene rings is 3. The number of ether oxygens (including phenoxy) is 3. The Labute approximate surface area is 269 Å². The first-order valence-electron chi connectivity index (χ1n) is 15.5. The van der Waals surface area contributed by atoms with Gasteiger partial charge < -0.3 is 29.7 Å². The number of methoxy groups -OCH3 is 1. The number of nitrogens with one attached hydrogen (secondary N) is 2. The second-order valence-corrected chi connectivity index (χ2v) is 11.2. The molecule has 0 radical (unpaired) electrons. The number of carbonyl (C=O) groups excluding carboxylic acids is 1. The van der Waals surface area contributed by atoms with E-state index in [1.807, 2.05) is 38.1 Å². The summed E-state index contributed by atoms with van der Waals surface area (Å²) >= 11 is 0. The molecule has 10 nitrogen and oxygen atoms in total. The first-order chi connectivity index (χ1) is 22.3. The Kier molecular flexibility index (Phi) is 11.0. The van der Waals surface area contributed by atoms with Crippen molar-refractivity contribution >= 4 is 23.2 Å². The van der Waals surface area contributed by atoms with Crippen LogP contribution in [0.4, 0.5) is 21.7 Å². The zero-order valence-electron chi connectivity index (χ0n) is 26.8. The normalized spacial score (nSPS) is 13.7. The average Bonchev–Trinajstić information content (AvgIpc) is 3.05. The Morgan fingerprint density at radius 2 is 1.61 bits per heavy atom. The lowest BCUT2D eigenvalue weighted by atomic mass is 10.1. The smallest absolute Gasteiger partial charge is 0.262 e. The van der Waals surface area contributed by atoms with E-state index >= 15 is 4.39 Å². The molecule has 0 aliphatic carbocycles. The maximum absolute atomic E-state index is 15.0. The summed E-state index contributed by atoms with van der Waals surface area (Å²) in [6.07, 6.45) is 2.53. The van der Waals surface area contributed by atoms with Crippen molar-refractivity contribution in [3.8, 4) is 23.1 Å². The first kappa shape index (κ1) is 32.6. The average molecular weight is 629 g/mol. The van der Waals surface area contributed by atoms with Crippen LogP contribution in [0.25, 0.3) is 0 Å². The molecule has 242 valence electrons. The SMILES string of the molecule is CCCN1CCN(CCOc2ccc(Nc3ncc(C(=O)Nc4c(C)cccc4C)c(Oc4ccccc4OC)n3)cc2F)CC1. The molecule has 0 bridgehead atoms. The third-order valence-electron chi connectivity index (χ3n) is 7.85. The van der Waals surface area contributed by atoms with Crippen LogP contribution >= 0.6 is 0 Å². The lowest BCUT2D eigenvalue weighted by molar-refractivity contribution is 0.102. The van der Waals surface area contributed by atoms with Gasteiger partial charge in [-0.1, -0.05) is 37.3 Å². The molecule has 1 saturated heterocycles. The number of aryl methyl sites for hydroxylation is 2. The van der Waals surface area contributed by atoms with E-state index < -0.39 is 11.7 Å². The quantitative estimate of drug-likeness (QED) is 0.173. The summed E-state index contributed by atoms with van der Waals surface area (Å²) in [5.74, 6) is 0.177. The molecule has 5 rings (SSSR count). The molecule has 2 N–H and O–H groups in total. The molecule has 46 heavy (non-hydrogen) atoms. The molecular weight excluding hydrogens is 587 g/mol. The van der Waals surface area contributed by atoms with Gasteiger partial charge in [-0.3, -0.25) is 9.69 Å². The van der Waals surface area contributed by atoms with E-state index in [2.05, 4.69) is 37.3 Å². The van der Waals surface area contributed by atoms with Gasteiger partial charge in [0.05, 0.1) is 7.11 Å². The maximum atomic E-state index is 15.0. The van der Waals surface area contributed by atoms with Crippen LogP contribution in [0.1, 0.15) is 34.8 Å². The number of rotatable bonds is 13. The number of nitrogens with zero attached hydrogens (tertiary/aromatic N) is 4. The van der Waals surface area contributed by atoms with Gasteiger partial charge in [-0.25, -0.2) is 9.37 Å². The molecule has 1 aromatic heterocycles. The minimum atomic E-state index is -0.507. The molecule has 1 aliphatic heterocycles. The topological polar surface area (TPSA) is 101 Å². The second kappa shape index (κ2) is 15.5. The van der Waals surface area contributed by atoms with Crippen molar-refractivity contribution in [2.45, 2.75) is 27.2 Å². The van der Waals surface area contributed by atoms with Gasteiger partial charge in [-0.15, -0.1) is 0 Å². The molecule has 0 unspecified atom stereocenters. The van der Waals surface area contributed by atoms with Gasteiger partial charge in [0.15, 0.2) is 23.1 Å². The zero-order chi connectivity index (χ0) is 32.5. The Bertz CT molecular complexity index is 1620. The van der Waals surface area contributed by atoms with Crippen molar-refractivity contribution < 1.29 is 23.4 Å². The van der Waals surface area contributed by atoms with Crippen molar-refractivity contribution in [3.63, 3.8) is 0 Å². The predicted octanol–water partition coefficient (Wildman–Crippen LogP) is 6.44. The van der Waals surface area contributed by atoms with Gasteiger partial charge in [-0.05, 0) is 62.2 Å². The molecule has 0 spiro atoms. The highest BCUT2D eigenvalue weighted by molar-refractivity contribution is 6.06. The molecule has 4 aromatic rings. The van der Waals surface area contributed by atoms with E-state index in [0.29, 0.717) is 29.5 Å². The molecule has 0 saturated carbocycles. The van der Waals surface area contributed by atoms with Crippen molar-refractivity contribution in [2.24, 2.45) is 0 Å². The van der Waals surface area contributed by atoms with Crippen LogP contribution in [0, 0.1) is 19.7 Å². The summed E-state index contributed by atoms with van der Waals surface area (Å²) in [4.78, 5) is 27.1. The number of para-hydroxylation sites is 3. The van der Waals surface area contributed by atoms with Crippen LogP contribution in [0.5, 0.6) is 23.1 Å². The van der Waals surface area contributed by atoms with Crippen LogP contribution in [-0.4, -0.2) is 78.7 Å². The second-order valence-electron chi connectivity index (χ2n) is 11.2. The Hall–Kier alpha value is -4.74. The fourth-order valence-electron chi connectivity index (χ4n) is 5.32. The lowest BCUT2D eigenvalue weighted by Crippen LogP contribution is -2.47. The van der Waals surface area contributed by atoms with Crippen LogP contribution in [0.3, 0.4) is 0 Å². The van der Waals surface area contributed by atoms with Gasteiger partial charge >= 0.3 is 0 Å². The first-order valence-corrected chi connectivity index (χ1v) is 15.5. The summed E-state index contributed by atoms with van der Waals surface area (Å²) in [6, 6.07) is 17.4. The molecule has 1 amide bonds. The summed E-state index contributed by atoms with van der Waals surface area (Å²) < 4.78 is 32.3. The minimum Gasteiger partial charge on any atom is -0.493 e. The monoisotopic (exact) mass is 628 g/mol. The minimum absolute atomic E-state index is 0.00157. The number of hydrogen-bond donors (Lipinski definition) is 2. The maximum Gasteiger partial charge on any atom is 0.262 e. The molecule has 0 atom stereocenters. The summed E-state index contributed by atoms with van der Waals surface area (Å²) in [5.41, 5.74) is 3.05. The van der Waals surface area contributed by atoms with E-state index in [1.165, 1.54) is 19.4 Å². The van der Waals surface area contributed by atoms with Crippen LogP contribution < -0.4 is 24.8 Å². The number of carbonyl (C=O) groups is 1. The molecule has 2 heterocycles. The van der Waals surface area contributed by atoms with Crippen molar-refractivity contribution in [1.29, 1.82) is 0 Å². The number of aromatic nitrogens is 2. The predicted molar refractivity (Wildman–Crippen MR) is 177 cm³/mol. The summed E-state index contributed by atoms with van der Waals surface area (Å²) in [5, 5.41) is 5.97. The number of anilines is 3. The van der Waals surface area contributed by atoms with Gasteiger partial charge in [0.2, 0.25) is 11.8 Å².